The molecule has 2 heterocycles. The molecule has 0 bridgehead atoms. The maximum absolute atomic E-state index is 11.9. The first-order valence-corrected chi connectivity index (χ1v) is 15.1. The topological polar surface area (TPSA) is 93.6 Å². The molecule has 4 aromatic carbocycles. The highest BCUT2D eigenvalue weighted by Crippen LogP contribution is 2.41. The standard InChI is InChI=1S/C30H23BrClN5O2S/c31-22-10-6-20(7-11-22)28-18-29(37(34-28)25-14-16-26(17-15-25)40(33,38)39)27-19-36(24-4-2-1-3-5-24)35-30(27)21-8-12-23(32)13-9-21/h1-17,19,29H,18H2,(H2,33,38,39). The number of hydrogen-bond donors (Lipinski definition) is 1. The predicted octanol–water partition coefficient (Wildman–Crippen LogP) is 6.96. The molecule has 0 saturated carbocycles. The number of hydrazone groups is 1. The Balaban J connectivity index is 1.50. The van der Waals surface area contributed by atoms with Gasteiger partial charge in [0.05, 0.1) is 33.7 Å². The smallest absolute Gasteiger partial charge is 0.238 e. The monoisotopic (exact) mass is 631 g/mol. The Labute approximate surface area is 245 Å². The minimum Gasteiger partial charge on any atom is -0.257 e. The molecule has 7 nitrogen and oxygen atoms in total. The third-order valence-corrected chi connectivity index (χ3v) is 8.47. The molecule has 5 aromatic rings. The summed E-state index contributed by atoms with van der Waals surface area (Å²) in [6, 6.07) is 31.8. The van der Waals surface area contributed by atoms with Crippen LogP contribution in [-0.2, 0) is 10.0 Å². The molecule has 1 aromatic heterocycles. The molecule has 6 rings (SSSR count). The number of rotatable bonds is 6. The lowest BCUT2D eigenvalue weighted by molar-refractivity contribution is 0.597. The van der Waals surface area contributed by atoms with Crippen molar-refractivity contribution >= 4 is 49.0 Å². The van der Waals surface area contributed by atoms with Crippen LogP contribution in [0.3, 0.4) is 0 Å². The third kappa shape index (κ3) is 5.33. The number of aromatic nitrogens is 2. The van der Waals surface area contributed by atoms with E-state index < -0.39 is 10.0 Å². The van der Waals surface area contributed by atoms with Gasteiger partial charge >= 0.3 is 0 Å². The highest BCUT2D eigenvalue weighted by Gasteiger charge is 2.34. The highest BCUT2D eigenvalue weighted by molar-refractivity contribution is 9.10. The molecule has 1 atom stereocenters. The van der Waals surface area contributed by atoms with Crippen LogP contribution in [-0.4, -0.2) is 23.9 Å². The molecule has 2 N–H and O–H groups in total. The number of primary sulfonamides is 1. The molecule has 200 valence electrons. The average Bonchev–Trinajstić information content (AvgIpc) is 3.59. The molecule has 0 aliphatic carbocycles. The van der Waals surface area contributed by atoms with Crippen LogP contribution in [0, 0.1) is 0 Å². The lowest BCUT2D eigenvalue weighted by Crippen LogP contribution is -2.19. The fraction of sp³-hybridized carbons (Fsp3) is 0.0667. The van der Waals surface area contributed by atoms with Crippen LogP contribution in [0.4, 0.5) is 5.69 Å². The van der Waals surface area contributed by atoms with Gasteiger partial charge in [0, 0.05) is 33.2 Å². The number of halogens is 2. The first kappa shape index (κ1) is 26.5. The van der Waals surface area contributed by atoms with Gasteiger partial charge in [-0.25, -0.2) is 18.2 Å². The molecule has 10 heteroatoms. The first-order valence-electron chi connectivity index (χ1n) is 12.4. The zero-order valence-electron chi connectivity index (χ0n) is 21.0. The van der Waals surface area contributed by atoms with E-state index in [1.54, 1.807) is 12.1 Å². The van der Waals surface area contributed by atoms with Crippen molar-refractivity contribution in [2.24, 2.45) is 10.2 Å². The summed E-state index contributed by atoms with van der Waals surface area (Å²) in [4.78, 5) is 0.0443. The van der Waals surface area contributed by atoms with Gasteiger partial charge in [-0.3, -0.25) is 5.01 Å². The minimum atomic E-state index is -3.82. The molecule has 40 heavy (non-hydrogen) atoms. The van der Waals surface area contributed by atoms with Gasteiger partial charge in [0.2, 0.25) is 10.0 Å². The van der Waals surface area contributed by atoms with E-state index in [4.69, 9.17) is 26.9 Å². The predicted molar refractivity (Wildman–Crippen MR) is 162 cm³/mol. The van der Waals surface area contributed by atoms with Gasteiger partial charge in [0.15, 0.2) is 0 Å². The van der Waals surface area contributed by atoms with Crippen molar-refractivity contribution in [3.05, 3.63) is 130 Å². The lowest BCUT2D eigenvalue weighted by Gasteiger charge is -2.24. The van der Waals surface area contributed by atoms with Gasteiger partial charge in [-0.2, -0.15) is 10.2 Å². The van der Waals surface area contributed by atoms with E-state index in [0.717, 1.165) is 43.9 Å². The summed E-state index contributed by atoms with van der Waals surface area (Å²) in [6.45, 7) is 0. The molecule has 0 spiro atoms. The van der Waals surface area contributed by atoms with Crippen molar-refractivity contribution < 1.29 is 8.42 Å². The van der Waals surface area contributed by atoms with Crippen LogP contribution in [0.15, 0.2) is 124 Å². The average molecular weight is 633 g/mol. The number of nitrogens with two attached hydrogens (primary N) is 1. The zero-order chi connectivity index (χ0) is 27.9. The van der Waals surface area contributed by atoms with E-state index in [1.807, 2.05) is 94.8 Å². The van der Waals surface area contributed by atoms with Crippen LogP contribution in [0.25, 0.3) is 16.9 Å². The maximum Gasteiger partial charge on any atom is 0.238 e. The van der Waals surface area contributed by atoms with Crippen LogP contribution < -0.4 is 10.1 Å². The quantitative estimate of drug-likeness (QED) is 0.219. The summed E-state index contributed by atoms with van der Waals surface area (Å²) in [7, 11) is -3.82. The van der Waals surface area contributed by atoms with Gasteiger partial charge < -0.3 is 0 Å². The zero-order valence-corrected chi connectivity index (χ0v) is 24.2. The molecule has 1 aliphatic heterocycles. The van der Waals surface area contributed by atoms with Crippen LogP contribution >= 0.6 is 27.5 Å². The molecule has 0 saturated heterocycles. The number of benzene rings is 4. The van der Waals surface area contributed by atoms with E-state index in [9.17, 15) is 8.42 Å². The lowest BCUT2D eigenvalue weighted by atomic mass is 9.96. The number of para-hydroxylation sites is 1. The molecular formula is C30H23BrClN5O2S. The summed E-state index contributed by atoms with van der Waals surface area (Å²) in [5.74, 6) is 0. The van der Waals surface area contributed by atoms with Crippen LogP contribution in [0.1, 0.15) is 23.6 Å². The Kier molecular flexibility index (Phi) is 7.06. The van der Waals surface area contributed by atoms with E-state index >= 15 is 0 Å². The minimum absolute atomic E-state index is 0.0443. The number of hydrogen-bond acceptors (Lipinski definition) is 5. The Bertz CT molecular complexity index is 1810. The first-order chi connectivity index (χ1) is 19.3. The SMILES string of the molecule is NS(=O)(=O)c1ccc(N2N=C(c3ccc(Br)cc3)CC2c2cn(-c3ccccc3)nc2-c2ccc(Cl)cc2)cc1. The molecule has 0 amide bonds. The summed E-state index contributed by atoms with van der Waals surface area (Å²) in [6.07, 6.45) is 2.65. The van der Waals surface area contributed by atoms with Crippen molar-refractivity contribution in [2.45, 2.75) is 17.4 Å². The van der Waals surface area contributed by atoms with Gasteiger partial charge in [-0.05, 0) is 66.2 Å². The fourth-order valence-electron chi connectivity index (χ4n) is 4.77. The van der Waals surface area contributed by atoms with Crippen molar-refractivity contribution in [1.29, 1.82) is 0 Å². The Hall–Kier alpha value is -3.76. The van der Waals surface area contributed by atoms with Gasteiger partial charge in [-0.15, -0.1) is 0 Å². The second-order valence-electron chi connectivity index (χ2n) is 9.38. The van der Waals surface area contributed by atoms with Crippen molar-refractivity contribution in [1.82, 2.24) is 9.78 Å². The molecule has 1 unspecified atom stereocenters. The normalized spacial score (nSPS) is 15.3. The summed E-state index contributed by atoms with van der Waals surface area (Å²) >= 11 is 9.72. The van der Waals surface area contributed by atoms with Crippen molar-refractivity contribution in [3.63, 3.8) is 0 Å². The number of sulfonamides is 1. The van der Waals surface area contributed by atoms with Crippen LogP contribution in [0.5, 0.6) is 0 Å². The molecule has 1 aliphatic rings. The maximum atomic E-state index is 11.9. The van der Waals surface area contributed by atoms with Crippen LogP contribution in [0.2, 0.25) is 5.02 Å². The second kappa shape index (κ2) is 10.7. The fourth-order valence-corrected chi connectivity index (χ4v) is 5.68. The molecule has 0 fully saturated rings. The second-order valence-corrected chi connectivity index (χ2v) is 12.3. The van der Waals surface area contributed by atoms with Gasteiger partial charge in [-0.1, -0.05) is 70.0 Å². The number of nitrogens with zero attached hydrogens (tertiary/aromatic N) is 4. The van der Waals surface area contributed by atoms with E-state index in [0.29, 0.717) is 11.4 Å². The highest BCUT2D eigenvalue weighted by atomic mass is 79.9. The van der Waals surface area contributed by atoms with Gasteiger partial charge in [0.1, 0.15) is 0 Å². The van der Waals surface area contributed by atoms with Crippen molar-refractivity contribution in [2.75, 3.05) is 5.01 Å². The van der Waals surface area contributed by atoms with E-state index in [-0.39, 0.29) is 10.9 Å². The Morgan fingerprint density at radius 3 is 2.12 bits per heavy atom. The summed E-state index contributed by atoms with van der Waals surface area (Å²) < 4.78 is 26.6. The van der Waals surface area contributed by atoms with E-state index in [2.05, 4.69) is 15.9 Å². The number of anilines is 1. The molecular weight excluding hydrogens is 610 g/mol. The third-order valence-electron chi connectivity index (χ3n) is 6.76. The van der Waals surface area contributed by atoms with Gasteiger partial charge in [0.25, 0.3) is 0 Å². The molecule has 0 radical (unpaired) electrons. The van der Waals surface area contributed by atoms with Crippen molar-refractivity contribution in [3.8, 4) is 16.9 Å². The summed E-state index contributed by atoms with van der Waals surface area (Å²) in [5, 5.41) is 18.0. The Morgan fingerprint density at radius 1 is 0.825 bits per heavy atom. The van der Waals surface area contributed by atoms with E-state index in [1.165, 1.54) is 12.1 Å². The Morgan fingerprint density at radius 2 is 1.48 bits per heavy atom. The largest absolute Gasteiger partial charge is 0.257 e. The summed E-state index contributed by atoms with van der Waals surface area (Å²) in [5.41, 5.74) is 6.28.